The minimum absolute atomic E-state index is 0.112. The van der Waals surface area contributed by atoms with E-state index in [1.165, 1.54) is 6.42 Å². The summed E-state index contributed by atoms with van der Waals surface area (Å²) in [6, 6.07) is 0. The van der Waals surface area contributed by atoms with Crippen LogP contribution in [0.4, 0.5) is 0 Å². The Balaban J connectivity index is 2.05. The molecule has 14 heavy (non-hydrogen) atoms. The van der Waals surface area contributed by atoms with Crippen LogP contribution >= 0.6 is 0 Å². The van der Waals surface area contributed by atoms with Gasteiger partial charge in [0.2, 0.25) is 5.91 Å². The van der Waals surface area contributed by atoms with Crippen LogP contribution in [0.25, 0.3) is 0 Å². The van der Waals surface area contributed by atoms with Crippen molar-refractivity contribution in [1.29, 1.82) is 0 Å². The van der Waals surface area contributed by atoms with Crippen LogP contribution in [0.3, 0.4) is 0 Å². The molecule has 1 saturated heterocycles. The first-order chi connectivity index (χ1) is 6.72. The van der Waals surface area contributed by atoms with Gasteiger partial charge >= 0.3 is 0 Å². The van der Waals surface area contributed by atoms with Gasteiger partial charge in [-0.2, -0.15) is 0 Å². The van der Waals surface area contributed by atoms with Crippen molar-refractivity contribution in [3.8, 4) is 0 Å². The molecule has 1 rings (SSSR count). The predicted octanol–water partition coefficient (Wildman–Crippen LogP) is -0.336. The lowest BCUT2D eigenvalue weighted by Gasteiger charge is -2.11. The summed E-state index contributed by atoms with van der Waals surface area (Å²) in [7, 11) is 2.13. The Hall–Kier alpha value is -0.610. The van der Waals surface area contributed by atoms with E-state index in [1.54, 1.807) is 0 Å². The highest BCUT2D eigenvalue weighted by Crippen LogP contribution is 2.12. The maximum Gasteiger partial charge on any atom is 0.233 e. The molecule has 1 heterocycles. The van der Waals surface area contributed by atoms with Gasteiger partial charge in [-0.05, 0) is 32.5 Å². The molecule has 0 bridgehead atoms. The van der Waals surface area contributed by atoms with E-state index in [-0.39, 0.29) is 5.91 Å². The SMILES string of the molecule is CCNCC(=O)NCC1CCN(C)C1. The van der Waals surface area contributed by atoms with Gasteiger partial charge in [0.05, 0.1) is 6.54 Å². The Labute approximate surface area is 86.0 Å². The summed E-state index contributed by atoms with van der Waals surface area (Å²) in [5.74, 6) is 0.756. The first kappa shape index (κ1) is 11.5. The van der Waals surface area contributed by atoms with Crippen LogP contribution in [0.15, 0.2) is 0 Å². The highest BCUT2D eigenvalue weighted by atomic mass is 16.1. The number of likely N-dealkylation sites (tertiary alicyclic amines) is 1. The fourth-order valence-electron chi connectivity index (χ4n) is 1.75. The summed E-state index contributed by atoms with van der Waals surface area (Å²) in [5, 5.41) is 5.96. The van der Waals surface area contributed by atoms with Crippen molar-refractivity contribution in [3.05, 3.63) is 0 Å². The third kappa shape index (κ3) is 4.07. The standard InChI is InChI=1S/C10H21N3O/c1-3-11-7-10(14)12-6-9-4-5-13(2)8-9/h9,11H,3-8H2,1-2H3,(H,12,14). The molecule has 1 unspecified atom stereocenters. The molecule has 82 valence electrons. The highest BCUT2D eigenvalue weighted by Gasteiger charge is 2.19. The van der Waals surface area contributed by atoms with Crippen molar-refractivity contribution in [2.45, 2.75) is 13.3 Å². The Kier molecular flexibility index (Phi) is 4.90. The van der Waals surface area contributed by atoms with Gasteiger partial charge in [0.1, 0.15) is 0 Å². The molecule has 1 atom stereocenters. The molecule has 0 spiro atoms. The highest BCUT2D eigenvalue weighted by molar-refractivity contribution is 5.77. The van der Waals surface area contributed by atoms with Crippen LogP contribution in [0, 0.1) is 5.92 Å². The third-order valence-corrected chi connectivity index (χ3v) is 2.61. The molecular formula is C10H21N3O. The quantitative estimate of drug-likeness (QED) is 0.637. The zero-order valence-corrected chi connectivity index (χ0v) is 9.18. The Morgan fingerprint density at radius 2 is 2.36 bits per heavy atom. The number of likely N-dealkylation sites (N-methyl/N-ethyl adjacent to an activating group) is 1. The third-order valence-electron chi connectivity index (χ3n) is 2.61. The summed E-state index contributed by atoms with van der Waals surface area (Å²) in [5.41, 5.74) is 0. The lowest BCUT2D eigenvalue weighted by molar-refractivity contribution is -0.120. The summed E-state index contributed by atoms with van der Waals surface area (Å²) in [6.45, 7) is 6.39. The molecule has 4 nitrogen and oxygen atoms in total. The number of nitrogens with zero attached hydrogens (tertiary/aromatic N) is 1. The van der Waals surface area contributed by atoms with Crippen molar-refractivity contribution in [1.82, 2.24) is 15.5 Å². The van der Waals surface area contributed by atoms with E-state index >= 15 is 0 Å². The summed E-state index contributed by atoms with van der Waals surface area (Å²) < 4.78 is 0. The molecule has 1 aliphatic heterocycles. The monoisotopic (exact) mass is 199 g/mol. The topological polar surface area (TPSA) is 44.4 Å². The van der Waals surface area contributed by atoms with Gasteiger partial charge in [0.15, 0.2) is 0 Å². The minimum atomic E-state index is 0.112. The summed E-state index contributed by atoms with van der Waals surface area (Å²) in [6.07, 6.45) is 1.21. The van der Waals surface area contributed by atoms with Crippen molar-refractivity contribution in [3.63, 3.8) is 0 Å². The van der Waals surface area contributed by atoms with E-state index in [9.17, 15) is 4.79 Å². The fourth-order valence-corrected chi connectivity index (χ4v) is 1.75. The van der Waals surface area contributed by atoms with E-state index in [2.05, 4.69) is 22.6 Å². The maximum atomic E-state index is 11.3. The Morgan fingerprint density at radius 3 is 2.93 bits per heavy atom. The number of hydrogen-bond donors (Lipinski definition) is 2. The van der Waals surface area contributed by atoms with Gasteiger partial charge < -0.3 is 15.5 Å². The molecule has 1 amide bonds. The number of nitrogens with one attached hydrogen (secondary N) is 2. The predicted molar refractivity (Wildman–Crippen MR) is 57.2 cm³/mol. The molecule has 4 heteroatoms. The average molecular weight is 199 g/mol. The molecule has 0 aromatic carbocycles. The van der Waals surface area contributed by atoms with Crippen molar-refractivity contribution >= 4 is 5.91 Å². The van der Waals surface area contributed by atoms with Gasteiger partial charge in [-0.25, -0.2) is 0 Å². The van der Waals surface area contributed by atoms with Gasteiger partial charge in [0.25, 0.3) is 0 Å². The molecule has 0 aromatic rings. The minimum Gasteiger partial charge on any atom is -0.355 e. The molecule has 0 aliphatic carbocycles. The van der Waals surface area contributed by atoms with Gasteiger partial charge in [0, 0.05) is 13.1 Å². The number of carbonyl (C=O) groups is 1. The van der Waals surface area contributed by atoms with Crippen LogP contribution in [0.2, 0.25) is 0 Å². The molecule has 1 aliphatic rings. The van der Waals surface area contributed by atoms with Crippen molar-refractivity contribution in [2.24, 2.45) is 5.92 Å². The van der Waals surface area contributed by atoms with E-state index in [0.29, 0.717) is 12.5 Å². The largest absolute Gasteiger partial charge is 0.355 e. The normalized spacial score (nSPS) is 22.6. The smallest absolute Gasteiger partial charge is 0.233 e. The average Bonchev–Trinajstić information content (AvgIpc) is 2.58. The van der Waals surface area contributed by atoms with Crippen LogP contribution in [-0.4, -0.2) is 50.6 Å². The van der Waals surface area contributed by atoms with E-state index in [1.807, 2.05) is 6.92 Å². The van der Waals surface area contributed by atoms with Gasteiger partial charge in [-0.15, -0.1) is 0 Å². The number of amides is 1. The second-order valence-corrected chi connectivity index (χ2v) is 4.00. The van der Waals surface area contributed by atoms with E-state index < -0.39 is 0 Å². The molecule has 0 aromatic heterocycles. The van der Waals surface area contributed by atoms with Crippen LogP contribution in [-0.2, 0) is 4.79 Å². The number of hydrogen-bond acceptors (Lipinski definition) is 3. The van der Waals surface area contributed by atoms with E-state index in [0.717, 1.165) is 26.2 Å². The zero-order chi connectivity index (χ0) is 10.4. The zero-order valence-electron chi connectivity index (χ0n) is 9.18. The van der Waals surface area contributed by atoms with Gasteiger partial charge in [-0.1, -0.05) is 6.92 Å². The Morgan fingerprint density at radius 1 is 1.57 bits per heavy atom. The lowest BCUT2D eigenvalue weighted by atomic mass is 10.1. The molecule has 0 radical (unpaired) electrons. The maximum absolute atomic E-state index is 11.3. The van der Waals surface area contributed by atoms with Crippen molar-refractivity contribution in [2.75, 3.05) is 39.8 Å². The second kappa shape index (κ2) is 5.98. The van der Waals surface area contributed by atoms with Crippen molar-refractivity contribution < 1.29 is 4.79 Å². The van der Waals surface area contributed by atoms with Crippen LogP contribution in [0.5, 0.6) is 0 Å². The van der Waals surface area contributed by atoms with Crippen LogP contribution < -0.4 is 10.6 Å². The Bertz CT molecular complexity index is 184. The lowest BCUT2D eigenvalue weighted by Crippen LogP contribution is -2.37. The van der Waals surface area contributed by atoms with Crippen LogP contribution in [0.1, 0.15) is 13.3 Å². The second-order valence-electron chi connectivity index (χ2n) is 4.00. The molecule has 1 fully saturated rings. The first-order valence-electron chi connectivity index (χ1n) is 5.38. The van der Waals surface area contributed by atoms with E-state index in [4.69, 9.17) is 0 Å². The molecule has 2 N–H and O–H groups in total. The first-order valence-corrected chi connectivity index (χ1v) is 5.38. The number of carbonyl (C=O) groups excluding carboxylic acids is 1. The number of rotatable bonds is 5. The fraction of sp³-hybridized carbons (Fsp3) is 0.900. The van der Waals surface area contributed by atoms with Gasteiger partial charge in [-0.3, -0.25) is 4.79 Å². The molecule has 0 saturated carbocycles. The summed E-state index contributed by atoms with van der Waals surface area (Å²) in [4.78, 5) is 13.6. The molecular weight excluding hydrogens is 178 g/mol. The summed E-state index contributed by atoms with van der Waals surface area (Å²) >= 11 is 0.